The molecule has 0 atom stereocenters. The summed E-state index contributed by atoms with van der Waals surface area (Å²) in [5.74, 6) is 0.710. The first-order chi connectivity index (χ1) is 13.9. The van der Waals surface area contributed by atoms with Crippen LogP contribution in [0.4, 0.5) is 19.0 Å². The van der Waals surface area contributed by atoms with Crippen molar-refractivity contribution in [3.63, 3.8) is 0 Å². The van der Waals surface area contributed by atoms with Crippen molar-refractivity contribution < 1.29 is 18.0 Å². The van der Waals surface area contributed by atoms with Crippen molar-refractivity contribution in [2.75, 3.05) is 31.1 Å². The first kappa shape index (κ1) is 19.6. The highest BCUT2D eigenvalue weighted by molar-refractivity contribution is 7.18. The van der Waals surface area contributed by atoms with E-state index in [9.17, 15) is 18.0 Å². The Kier molecular flexibility index (Phi) is 5.40. The molecule has 2 aromatic heterocycles. The van der Waals surface area contributed by atoms with E-state index < -0.39 is 12.6 Å². The molecule has 1 fully saturated rings. The molecule has 0 bridgehead atoms. The van der Waals surface area contributed by atoms with E-state index in [1.165, 1.54) is 12.4 Å². The van der Waals surface area contributed by atoms with Crippen molar-refractivity contribution in [2.24, 2.45) is 0 Å². The molecule has 1 aliphatic rings. The third kappa shape index (κ3) is 4.67. The van der Waals surface area contributed by atoms with Crippen LogP contribution in [0.1, 0.15) is 10.4 Å². The van der Waals surface area contributed by atoms with Crippen LogP contribution in [0.15, 0.2) is 42.7 Å². The van der Waals surface area contributed by atoms with Gasteiger partial charge < -0.3 is 9.80 Å². The van der Waals surface area contributed by atoms with Crippen LogP contribution in [0.25, 0.3) is 10.2 Å². The molecule has 9 heteroatoms. The highest BCUT2D eigenvalue weighted by atomic mass is 32.1. The summed E-state index contributed by atoms with van der Waals surface area (Å²) in [6.45, 7) is 2.27. The number of carbonyl (C=O) groups excluding carboxylic acids is 1. The summed E-state index contributed by atoms with van der Waals surface area (Å²) in [6, 6.07) is 11.1. The Morgan fingerprint density at radius 3 is 2.48 bits per heavy atom. The summed E-state index contributed by atoms with van der Waals surface area (Å²) >= 11 is 1.05. The molecule has 1 aliphatic heterocycles. The molecule has 0 unspecified atom stereocenters. The highest BCUT2D eigenvalue weighted by Gasteiger charge is 2.30. The molecule has 3 aromatic rings. The van der Waals surface area contributed by atoms with Gasteiger partial charge in [0.2, 0.25) is 5.91 Å². The number of piperazine rings is 1. The minimum absolute atomic E-state index is 0.0756. The number of anilines is 1. The average molecular weight is 420 g/mol. The van der Waals surface area contributed by atoms with Crippen LogP contribution in [0.5, 0.6) is 0 Å². The maximum absolute atomic E-state index is 12.7. The number of fused-ring (bicyclic) bond motifs is 1. The highest BCUT2D eigenvalue weighted by Crippen LogP contribution is 2.34. The van der Waals surface area contributed by atoms with Crippen molar-refractivity contribution >= 4 is 33.3 Å². The van der Waals surface area contributed by atoms with E-state index in [1.54, 1.807) is 0 Å². The number of nitrogens with zero attached hydrogens (tertiary/aromatic N) is 4. The van der Waals surface area contributed by atoms with Gasteiger partial charge in [0.1, 0.15) is 17.0 Å². The molecule has 1 aromatic carbocycles. The Bertz CT molecular complexity index is 998. The Labute approximate surface area is 169 Å². The number of hydrogen-bond donors (Lipinski definition) is 0. The van der Waals surface area contributed by atoms with E-state index in [1.807, 2.05) is 40.1 Å². The molecule has 0 aliphatic carbocycles. The second-order valence-corrected chi connectivity index (χ2v) is 8.07. The van der Waals surface area contributed by atoms with E-state index in [0.29, 0.717) is 48.6 Å². The lowest BCUT2D eigenvalue weighted by Crippen LogP contribution is -2.49. The summed E-state index contributed by atoms with van der Waals surface area (Å²) in [6.07, 6.45) is -3.46. The zero-order valence-electron chi connectivity index (χ0n) is 15.5. The second-order valence-electron chi connectivity index (χ2n) is 6.95. The maximum Gasteiger partial charge on any atom is 0.393 e. The molecular weight excluding hydrogens is 401 g/mol. The molecule has 0 radical (unpaired) electrons. The SMILES string of the molecule is O=C(Cc1ccccc1)N1CCN(c2ncnc3sc(CC(F)(F)F)cc23)CC1. The fourth-order valence-corrected chi connectivity index (χ4v) is 4.50. The third-order valence-corrected chi connectivity index (χ3v) is 5.91. The monoisotopic (exact) mass is 420 g/mol. The Morgan fingerprint density at radius 1 is 1.07 bits per heavy atom. The van der Waals surface area contributed by atoms with E-state index in [2.05, 4.69) is 9.97 Å². The Morgan fingerprint density at radius 2 is 1.79 bits per heavy atom. The molecule has 0 saturated carbocycles. The van der Waals surface area contributed by atoms with Crippen molar-refractivity contribution in [3.8, 4) is 0 Å². The predicted molar refractivity (Wildman–Crippen MR) is 106 cm³/mol. The zero-order valence-corrected chi connectivity index (χ0v) is 16.3. The van der Waals surface area contributed by atoms with E-state index in [-0.39, 0.29) is 10.8 Å². The van der Waals surface area contributed by atoms with Gasteiger partial charge in [-0.1, -0.05) is 30.3 Å². The number of hydrogen-bond acceptors (Lipinski definition) is 5. The van der Waals surface area contributed by atoms with E-state index in [4.69, 9.17) is 0 Å². The first-order valence-electron chi connectivity index (χ1n) is 9.26. The smallest absolute Gasteiger partial charge is 0.352 e. The number of aromatic nitrogens is 2. The standard InChI is InChI=1S/C20H19F3N4OS/c21-20(22,23)12-15-11-16-18(24-13-25-19(16)29-15)27-8-6-26(7-9-27)17(28)10-14-4-2-1-3-5-14/h1-5,11,13H,6-10,12H2. The van der Waals surface area contributed by atoms with E-state index >= 15 is 0 Å². The number of benzene rings is 1. The predicted octanol–water partition coefficient (Wildman–Crippen LogP) is 3.69. The van der Waals surface area contributed by atoms with Gasteiger partial charge in [0.25, 0.3) is 0 Å². The zero-order chi connectivity index (χ0) is 20.4. The number of amides is 1. The summed E-state index contributed by atoms with van der Waals surface area (Å²) in [4.78, 5) is 25.6. The van der Waals surface area contributed by atoms with Gasteiger partial charge in [0, 0.05) is 31.1 Å². The average Bonchev–Trinajstić information content (AvgIpc) is 3.09. The normalized spacial score (nSPS) is 15.1. The summed E-state index contributed by atoms with van der Waals surface area (Å²) in [5, 5.41) is 0.640. The summed E-state index contributed by atoms with van der Waals surface area (Å²) < 4.78 is 38.2. The Balaban J connectivity index is 1.44. The molecule has 152 valence electrons. The van der Waals surface area contributed by atoms with Crippen LogP contribution in [0, 0.1) is 0 Å². The van der Waals surface area contributed by atoms with Gasteiger partial charge in [-0.15, -0.1) is 11.3 Å². The number of halogens is 3. The Hall–Kier alpha value is -2.68. The third-order valence-electron chi connectivity index (χ3n) is 4.86. The van der Waals surface area contributed by atoms with Crippen LogP contribution in [0.3, 0.4) is 0 Å². The van der Waals surface area contributed by atoms with Gasteiger partial charge in [-0.25, -0.2) is 9.97 Å². The minimum atomic E-state index is -4.25. The molecule has 1 saturated heterocycles. The molecular formula is C20H19F3N4OS. The van der Waals surface area contributed by atoms with Crippen LogP contribution >= 0.6 is 11.3 Å². The van der Waals surface area contributed by atoms with Gasteiger partial charge in [-0.2, -0.15) is 13.2 Å². The molecule has 0 N–H and O–H groups in total. The summed E-state index contributed by atoms with van der Waals surface area (Å²) in [5.41, 5.74) is 0.980. The van der Waals surface area contributed by atoms with Crippen molar-refractivity contribution in [1.82, 2.24) is 14.9 Å². The van der Waals surface area contributed by atoms with Gasteiger partial charge in [0.05, 0.1) is 18.2 Å². The maximum atomic E-state index is 12.7. The largest absolute Gasteiger partial charge is 0.393 e. The molecule has 3 heterocycles. The molecule has 0 spiro atoms. The number of alkyl halides is 3. The van der Waals surface area contributed by atoms with Gasteiger partial charge >= 0.3 is 6.18 Å². The molecule has 4 rings (SSSR count). The van der Waals surface area contributed by atoms with Crippen molar-refractivity contribution in [1.29, 1.82) is 0 Å². The van der Waals surface area contributed by atoms with Gasteiger partial charge in [-0.3, -0.25) is 4.79 Å². The topological polar surface area (TPSA) is 49.3 Å². The van der Waals surface area contributed by atoms with Crippen molar-refractivity contribution in [3.05, 3.63) is 53.2 Å². The van der Waals surface area contributed by atoms with Crippen LogP contribution in [0.2, 0.25) is 0 Å². The number of carbonyl (C=O) groups is 1. The number of rotatable bonds is 4. The lowest BCUT2D eigenvalue weighted by Gasteiger charge is -2.35. The van der Waals surface area contributed by atoms with Gasteiger partial charge in [-0.05, 0) is 11.6 Å². The van der Waals surface area contributed by atoms with Crippen LogP contribution < -0.4 is 4.90 Å². The quantitative estimate of drug-likeness (QED) is 0.646. The van der Waals surface area contributed by atoms with Crippen LogP contribution in [-0.4, -0.2) is 53.1 Å². The van der Waals surface area contributed by atoms with Crippen molar-refractivity contribution in [2.45, 2.75) is 19.0 Å². The lowest BCUT2D eigenvalue weighted by atomic mass is 10.1. The fourth-order valence-electron chi connectivity index (χ4n) is 3.48. The molecule has 1 amide bonds. The van der Waals surface area contributed by atoms with Gasteiger partial charge in [0.15, 0.2) is 0 Å². The fraction of sp³-hybridized carbons (Fsp3) is 0.350. The molecule has 29 heavy (non-hydrogen) atoms. The number of thiophene rings is 1. The van der Waals surface area contributed by atoms with E-state index in [0.717, 1.165) is 16.9 Å². The molecule has 5 nitrogen and oxygen atoms in total. The van der Waals surface area contributed by atoms with Crippen LogP contribution in [-0.2, 0) is 17.6 Å². The summed E-state index contributed by atoms with van der Waals surface area (Å²) in [7, 11) is 0. The first-order valence-corrected chi connectivity index (χ1v) is 10.1. The minimum Gasteiger partial charge on any atom is -0.352 e. The lowest BCUT2D eigenvalue weighted by molar-refractivity contribution is -0.130. The second kappa shape index (κ2) is 7.98.